The van der Waals surface area contributed by atoms with Crippen molar-refractivity contribution < 1.29 is 33.2 Å². The molecule has 4 aromatic carbocycles. The van der Waals surface area contributed by atoms with Crippen molar-refractivity contribution in [3.8, 4) is 28.7 Å². The highest BCUT2D eigenvalue weighted by molar-refractivity contribution is 5.71. The molecule has 9 heteroatoms. The zero-order chi connectivity index (χ0) is 29.0. The molecule has 3 aliphatic rings. The summed E-state index contributed by atoms with van der Waals surface area (Å²) in [7, 11) is 0. The number of carbonyl (C=O) groups excluding carboxylic acids is 1. The third-order valence-electron chi connectivity index (χ3n) is 7.86. The van der Waals surface area contributed by atoms with Gasteiger partial charge in [-0.1, -0.05) is 30.3 Å². The van der Waals surface area contributed by atoms with Crippen LogP contribution in [0.5, 0.6) is 28.7 Å². The highest BCUT2D eigenvalue weighted by Crippen LogP contribution is 2.36. The second-order valence-electron chi connectivity index (χ2n) is 10.6. The monoisotopic (exact) mass is 580 g/mol. The molecule has 1 amide bonds. The SMILES string of the molecule is O=C(Oc1ccc(Oc2ccccc2)cc1)N1CCN(C(c2ccc3c(c2)COCO3)c2ccc3c(c2)COCO3)CC1. The van der Waals surface area contributed by atoms with Crippen LogP contribution in [0.1, 0.15) is 28.3 Å². The van der Waals surface area contributed by atoms with Gasteiger partial charge in [-0.25, -0.2) is 4.79 Å². The molecule has 0 radical (unpaired) electrons. The summed E-state index contributed by atoms with van der Waals surface area (Å²) in [4.78, 5) is 17.2. The molecule has 7 rings (SSSR count). The molecule has 1 saturated heterocycles. The van der Waals surface area contributed by atoms with E-state index in [1.54, 1.807) is 29.2 Å². The summed E-state index contributed by atoms with van der Waals surface area (Å²) in [5.41, 5.74) is 4.33. The van der Waals surface area contributed by atoms with E-state index < -0.39 is 0 Å². The Bertz CT molecular complexity index is 1510. The Hall–Kier alpha value is -4.57. The Morgan fingerprint density at radius 3 is 1.81 bits per heavy atom. The lowest BCUT2D eigenvalue weighted by Crippen LogP contribution is -2.50. The summed E-state index contributed by atoms with van der Waals surface area (Å²) < 4.78 is 34.0. The smallest absolute Gasteiger partial charge is 0.415 e. The lowest BCUT2D eigenvalue weighted by molar-refractivity contribution is -0.0165. The third kappa shape index (κ3) is 6.15. The standard InChI is InChI=1S/C34H32N2O7/c37-34(43-30-10-8-29(9-11-30)42-28-4-2-1-3-5-28)36-16-14-35(15-17-36)33(24-6-12-31-26(18-24)20-38-22-40-31)25-7-13-32-27(19-25)21-39-23-41-32/h1-13,18-19,33H,14-17,20-23H2. The molecule has 0 bridgehead atoms. The fourth-order valence-corrected chi connectivity index (χ4v) is 5.70. The topological polar surface area (TPSA) is 78.9 Å². The second kappa shape index (κ2) is 12.3. The van der Waals surface area contributed by atoms with Crippen molar-refractivity contribution in [1.29, 1.82) is 0 Å². The fourth-order valence-electron chi connectivity index (χ4n) is 5.70. The van der Waals surface area contributed by atoms with Crippen LogP contribution in [0.15, 0.2) is 91.0 Å². The van der Waals surface area contributed by atoms with E-state index in [4.69, 9.17) is 28.4 Å². The van der Waals surface area contributed by atoms with Gasteiger partial charge in [-0.3, -0.25) is 4.90 Å². The normalized spacial score (nSPS) is 16.4. The summed E-state index contributed by atoms with van der Waals surface area (Å²) >= 11 is 0. The van der Waals surface area contributed by atoms with Crippen molar-refractivity contribution in [2.24, 2.45) is 0 Å². The molecule has 0 saturated carbocycles. The van der Waals surface area contributed by atoms with E-state index in [0.29, 0.717) is 50.9 Å². The zero-order valence-corrected chi connectivity index (χ0v) is 23.6. The number of ether oxygens (including phenoxy) is 6. The number of benzene rings is 4. The minimum atomic E-state index is -0.362. The fraction of sp³-hybridized carbons (Fsp3) is 0.265. The van der Waals surface area contributed by atoms with E-state index in [1.807, 2.05) is 42.5 Å². The minimum absolute atomic E-state index is 0.0326. The quantitative estimate of drug-likeness (QED) is 0.270. The Labute approximate surface area is 250 Å². The van der Waals surface area contributed by atoms with E-state index in [0.717, 1.165) is 39.5 Å². The van der Waals surface area contributed by atoms with Crippen LogP contribution in [0, 0.1) is 0 Å². The highest BCUT2D eigenvalue weighted by Gasteiger charge is 2.30. The molecule has 3 aliphatic heterocycles. The molecule has 220 valence electrons. The van der Waals surface area contributed by atoms with Crippen LogP contribution in [0.25, 0.3) is 0 Å². The van der Waals surface area contributed by atoms with Gasteiger partial charge in [0.15, 0.2) is 13.6 Å². The molecule has 0 N–H and O–H groups in total. The number of amides is 1. The first-order valence-corrected chi connectivity index (χ1v) is 14.4. The summed E-state index contributed by atoms with van der Waals surface area (Å²) in [6.07, 6.45) is -0.362. The van der Waals surface area contributed by atoms with E-state index in [2.05, 4.69) is 29.2 Å². The Balaban J connectivity index is 1.04. The molecular formula is C34H32N2O7. The minimum Gasteiger partial charge on any atom is -0.467 e. The van der Waals surface area contributed by atoms with E-state index >= 15 is 0 Å². The van der Waals surface area contributed by atoms with Gasteiger partial charge in [-0.15, -0.1) is 0 Å². The third-order valence-corrected chi connectivity index (χ3v) is 7.86. The molecule has 9 nitrogen and oxygen atoms in total. The molecule has 43 heavy (non-hydrogen) atoms. The number of carbonyl (C=O) groups is 1. The van der Waals surface area contributed by atoms with Gasteiger partial charge in [0.1, 0.15) is 28.7 Å². The Morgan fingerprint density at radius 2 is 1.21 bits per heavy atom. The van der Waals surface area contributed by atoms with E-state index in [9.17, 15) is 4.79 Å². The van der Waals surface area contributed by atoms with Crippen LogP contribution in [0.2, 0.25) is 0 Å². The zero-order valence-electron chi connectivity index (χ0n) is 23.6. The van der Waals surface area contributed by atoms with Crippen LogP contribution >= 0.6 is 0 Å². The van der Waals surface area contributed by atoms with Crippen LogP contribution < -0.4 is 18.9 Å². The largest absolute Gasteiger partial charge is 0.467 e. The van der Waals surface area contributed by atoms with Crippen LogP contribution in [-0.2, 0) is 22.7 Å². The molecular weight excluding hydrogens is 548 g/mol. The summed E-state index contributed by atoms with van der Waals surface area (Å²) in [5, 5.41) is 0. The lowest BCUT2D eigenvalue weighted by Gasteiger charge is -2.39. The lowest BCUT2D eigenvalue weighted by atomic mass is 9.93. The van der Waals surface area contributed by atoms with Crippen molar-refractivity contribution >= 4 is 6.09 Å². The maximum atomic E-state index is 13.1. The summed E-state index contributed by atoms with van der Waals surface area (Å²) in [6.45, 7) is 4.00. The number of piperazine rings is 1. The first-order valence-electron chi connectivity index (χ1n) is 14.4. The number of hydrogen-bond acceptors (Lipinski definition) is 8. The molecule has 0 unspecified atom stereocenters. The number of fused-ring (bicyclic) bond motifs is 2. The van der Waals surface area contributed by atoms with Gasteiger partial charge in [-0.05, 0) is 71.8 Å². The average Bonchev–Trinajstić information content (AvgIpc) is 3.06. The summed E-state index contributed by atoms with van der Waals surface area (Å²) in [5.74, 6) is 3.60. The van der Waals surface area contributed by atoms with Crippen molar-refractivity contribution in [2.75, 3.05) is 39.8 Å². The predicted octanol–water partition coefficient (Wildman–Crippen LogP) is 6.12. The Morgan fingerprint density at radius 1 is 0.651 bits per heavy atom. The van der Waals surface area contributed by atoms with Crippen molar-refractivity contribution in [2.45, 2.75) is 19.3 Å². The molecule has 0 aromatic heterocycles. The number of rotatable bonds is 6. The number of hydrogen-bond donors (Lipinski definition) is 0. The molecule has 3 heterocycles. The second-order valence-corrected chi connectivity index (χ2v) is 10.6. The van der Waals surface area contributed by atoms with Gasteiger partial charge in [0.2, 0.25) is 0 Å². The van der Waals surface area contributed by atoms with E-state index in [1.165, 1.54) is 0 Å². The highest BCUT2D eigenvalue weighted by atomic mass is 16.7. The molecule has 4 aromatic rings. The number of para-hydroxylation sites is 1. The van der Waals surface area contributed by atoms with Gasteiger partial charge in [0, 0.05) is 37.3 Å². The molecule has 0 aliphatic carbocycles. The van der Waals surface area contributed by atoms with Gasteiger partial charge in [0.25, 0.3) is 0 Å². The van der Waals surface area contributed by atoms with Crippen LogP contribution in [-0.4, -0.2) is 55.7 Å². The first-order chi connectivity index (χ1) is 21.2. The molecule has 0 spiro atoms. The molecule has 0 atom stereocenters. The van der Waals surface area contributed by atoms with Gasteiger partial charge >= 0.3 is 6.09 Å². The predicted molar refractivity (Wildman–Crippen MR) is 157 cm³/mol. The van der Waals surface area contributed by atoms with Crippen LogP contribution in [0.4, 0.5) is 4.79 Å². The van der Waals surface area contributed by atoms with Gasteiger partial charge < -0.3 is 33.3 Å². The van der Waals surface area contributed by atoms with Gasteiger partial charge in [0.05, 0.1) is 19.3 Å². The summed E-state index contributed by atoms with van der Waals surface area (Å²) in [6, 6.07) is 29.2. The van der Waals surface area contributed by atoms with Crippen molar-refractivity contribution in [3.05, 3.63) is 113 Å². The average molecular weight is 581 g/mol. The van der Waals surface area contributed by atoms with Crippen molar-refractivity contribution in [3.63, 3.8) is 0 Å². The van der Waals surface area contributed by atoms with Crippen LogP contribution in [0.3, 0.4) is 0 Å². The van der Waals surface area contributed by atoms with Gasteiger partial charge in [-0.2, -0.15) is 0 Å². The maximum absolute atomic E-state index is 13.1. The maximum Gasteiger partial charge on any atom is 0.415 e. The van der Waals surface area contributed by atoms with Crippen molar-refractivity contribution in [1.82, 2.24) is 9.80 Å². The Kier molecular flexibility index (Phi) is 7.83. The first kappa shape index (κ1) is 27.3. The number of nitrogens with zero attached hydrogens (tertiary/aromatic N) is 2. The molecule has 1 fully saturated rings. The van der Waals surface area contributed by atoms with E-state index in [-0.39, 0.29) is 25.7 Å².